The molecule has 6 nitrogen and oxygen atoms in total. The number of carbonyl (C=O) groups excluding carboxylic acids is 1. The third kappa shape index (κ3) is 3.97. The number of likely N-dealkylation sites (tertiary alicyclic amines) is 1. The first kappa shape index (κ1) is 15.8. The molecule has 0 spiro atoms. The predicted octanol–water partition coefficient (Wildman–Crippen LogP) is 2.00. The van der Waals surface area contributed by atoms with Gasteiger partial charge in [-0.05, 0) is 39.3 Å². The van der Waals surface area contributed by atoms with Crippen LogP contribution in [0.5, 0.6) is 0 Å². The van der Waals surface area contributed by atoms with Crippen LogP contribution in [0.25, 0.3) is 0 Å². The molecule has 118 valence electrons. The van der Waals surface area contributed by atoms with Gasteiger partial charge in [-0.3, -0.25) is 4.68 Å². The lowest BCUT2D eigenvalue weighted by atomic mass is 10.1. The third-order valence-corrected chi connectivity index (χ3v) is 3.59. The summed E-state index contributed by atoms with van der Waals surface area (Å²) in [6.07, 6.45) is 3.76. The summed E-state index contributed by atoms with van der Waals surface area (Å²) in [5.41, 5.74) is 0.781. The summed E-state index contributed by atoms with van der Waals surface area (Å²) >= 11 is 0. The lowest BCUT2D eigenvalue weighted by Gasteiger charge is -2.39. The summed E-state index contributed by atoms with van der Waals surface area (Å²) in [5.74, 6) is 0.436. The van der Waals surface area contributed by atoms with Crippen LogP contribution in [0.1, 0.15) is 45.2 Å². The van der Waals surface area contributed by atoms with Crippen molar-refractivity contribution in [2.75, 3.05) is 26.7 Å². The first-order chi connectivity index (χ1) is 9.80. The van der Waals surface area contributed by atoms with Crippen LogP contribution < -0.4 is 5.32 Å². The van der Waals surface area contributed by atoms with Crippen molar-refractivity contribution in [2.24, 2.45) is 0 Å². The molecule has 2 rings (SSSR count). The summed E-state index contributed by atoms with van der Waals surface area (Å²) < 4.78 is 7.31. The smallest absolute Gasteiger partial charge is 0.410 e. The van der Waals surface area contributed by atoms with Crippen LogP contribution in [0.15, 0.2) is 12.4 Å². The number of rotatable bonds is 4. The zero-order valence-electron chi connectivity index (χ0n) is 13.6. The Morgan fingerprint density at radius 2 is 2.19 bits per heavy atom. The van der Waals surface area contributed by atoms with Crippen molar-refractivity contribution in [3.05, 3.63) is 18.0 Å². The highest BCUT2D eigenvalue weighted by atomic mass is 16.6. The number of ether oxygens (including phenoxy) is 1. The van der Waals surface area contributed by atoms with Crippen LogP contribution in [0.3, 0.4) is 0 Å². The quantitative estimate of drug-likeness (QED) is 0.922. The fourth-order valence-corrected chi connectivity index (χ4v) is 2.33. The molecule has 1 unspecified atom stereocenters. The molecule has 2 heterocycles. The molecule has 21 heavy (non-hydrogen) atoms. The number of hydrogen-bond acceptors (Lipinski definition) is 4. The van der Waals surface area contributed by atoms with Crippen LogP contribution in [0.2, 0.25) is 0 Å². The maximum atomic E-state index is 11.9. The third-order valence-electron chi connectivity index (χ3n) is 3.59. The van der Waals surface area contributed by atoms with Gasteiger partial charge in [0, 0.05) is 25.8 Å². The normalized spacial score (nSPS) is 17.5. The number of carbonyl (C=O) groups is 1. The lowest BCUT2D eigenvalue weighted by molar-refractivity contribution is -0.000398. The molecule has 0 radical (unpaired) electrons. The second-order valence-corrected chi connectivity index (χ2v) is 6.75. The fraction of sp³-hybridized carbons (Fsp3) is 0.733. The van der Waals surface area contributed by atoms with Crippen LogP contribution in [-0.2, 0) is 4.74 Å². The van der Waals surface area contributed by atoms with Gasteiger partial charge in [0.05, 0.1) is 12.2 Å². The van der Waals surface area contributed by atoms with Gasteiger partial charge in [0.15, 0.2) is 0 Å². The summed E-state index contributed by atoms with van der Waals surface area (Å²) in [4.78, 5) is 13.6. The molecule has 1 saturated heterocycles. The lowest BCUT2D eigenvalue weighted by Crippen LogP contribution is -2.52. The Labute approximate surface area is 126 Å². The minimum atomic E-state index is -0.441. The molecule has 1 aromatic heterocycles. The van der Waals surface area contributed by atoms with Crippen molar-refractivity contribution in [1.82, 2.24) is 20.0 Å². The standard InChI is InChI=1S/C15H26N4O2/c1-11(6-16-5)12-7-17-19(8-12)13-9-18(10-13)14(20)21-15(2,3)4/h7-8,11,13,16H,6,9-10H2,1-5H3. The highest BCUT2D eigenvalue weighted by Gasteiger charge is 2.35. The predicted molar refractivity (Wildman–Crippen MR) is 81.4 cm³/mol. The molecule has 1 fully saturated rings. The molecular weight excluding hydrogens is 268 g/mol. The number of nitrogens with zero attached hydrogens (tertiary/aromatic N) is 3. The summed E-state index contributed by atoms with van der Waals surface area (Å²) in [6.45, 7) is 10.1. The molecule has 6 heteroatoms. The number of nitrogens with one attached hydrogen (secondary N) is 1. The maximum absolute atomic E-state index is 11.9. The van der Waals surface area contributed by atoms with E-state index in [9.17, 15) is 4.79 Å². The molecule has 1 aliphatic rings. The van der Waals surface area contributed by atoms with E-state index < -0.39 is 5.60 Å². The van der Waals surface area contributed by atoms with E-state index in [-0.39, 0.29) is 12.1 Å². The van der Waals surface area contributed by atoms with Crippen LogP contribution in [-0.4, -0.2) is 53.1 Å². The highest BCUT2D eigenvalue weighted by Crippen LogP contribution is 2.24. The molecule has 0 saturated carbocycles. The van der Waals surface area contributed by atoms with Crippen LogP contribution in [0.4, 0.5) is 4.79 Å². The Balaban J connectivity index is 1.86. The molecular formula is C15H26N4O2. The van der Waals surface area contributed by atoms with Gasteiger partial charge in [-0.1, -0.05) is 6.92 Å². The van der Waals surface area contributed by atoms with E-state index in [0.717, 1.165) is 6.54 Å². The van der Waals surface area contributed by atoms with Crippen molar-refractivity contribution in [3.63, 3.8) is 0 Å². The Bertz CT molecular complexity index is 486. The van der Waals surface area contributed by atoms with Crippen LogP contribution >= 0.6 is 0 Å². The van der Waals surface area contributed by atoms with E-state index in [0.29, 0.717) is 19.0 Å². The average molecular weight is 294 g/mol. The van der Waals surface area contributed by atoms with Crippen molar-refractivity contribution in [1.29, 1.82) is 0 Å². The molecule has 0 bridgehead atoms. The minimum absolute atomic E-state index is 0.241. The van der Waals surface area contributed by atoms with Gasteiger partial charge in [0.2, 0.25) is 0 Å². The molecule has 0 aromatic carbocycles. The largest absolute Gasteiger partial charge is 0.444 e. The number of hydrogen-bond donors (Lipinski definition) is 1. The van der Waals surface area contributed by atoms with E-state index in [1.807, 2.05) is 38.7 Å². The van der Waals surface area contributed by atoms with Gasteiger partial charge in [-0.25, -0.2) is 4.79 Å². The van der Waals surface area contributed by atoms with Gasteiger partial charge in [0.25, 0.3) is 0 Å². The van der Waals surface area contributed by atoms with Gasteiger partial charge in [-0.15, -0.1) is 0 Å². The van der Waals surface area contributed by atoms with Gasteiger partial charge in [-0.2, -0.15) is 5.10 Å². The first-order valence-corrected chi connectivity index (χ1v) is 7.46. The highest BCUT2D eigenvalue weighted by molar-refractivity contribution is 5.69. The molecule has 0 aliphatic carbocycles. The van der Waals surface area contributed by atoms with Crippen molar-refractivity contribution >= 4 is 6.09 Å². The summed E-state index contributed by atoms with van der Waals surface area (Å²) in [7, 11) is 1.95. The van der Waals surface area contributed by atoms with E-state index in [1.165, 1.54) is 5.56 Å². The number of amides is 1. The maximum Gasteiger partial charge on any atom is 0.410 e. The number of likely N-dealkylation sites (N-methyl/N-ethyl adjacent to an activating group) is 1. The average Bonchev–Trinajstić information content (AvgIpc) is 2.74. The van der Waals surface area contributed by atoms with Gasteiger partial charge >= 0.3 is 6.09 Å². The topological polar surface area (TPSA) is 59.4 Å². The van der Waals surface area contributed by atoms with Gasteiger partial charge < -0.3 is 15.0 Å². The van der Waals surface area contributed by atoms with E-state index in [1.54, 1.807) is 4.90 Å². The van der Waals surface area contributed by atoms with Crippen molar-refractivity contribution < 1.29 is 9.53 Å². The molecule has 1 aromatic rings. The van der Waals surface area contributed by atoms with Crippen molar-refractivity contribution in [2.45, 2.75) is 45.3 Å². The fourth-order valence-electron chi connectivity index (χ4n) is 2.33. The number of aromatic nitrogens is 2. The van der Waals surface area contributed by atoms with Gasteiger partial charge in [0.1, 0.15) is 5.60 Å². The minimum Gasteiger partial charge on any atom is -0.444 e. The second kappa shape index (κ2) is 6.05. The van der Waals surface area contributed by atoms with E-state index in [2.05, 4.69) is 23.5 Å². The Kier molecular flexibility index (Phi) is 4.56. The SMILES string of the molecule is CNCC(C)c1cnn(C2CN(C(=O)OC(C)(C)C)C2)c1. The molecule has 1 aliphatic heterocycles. The first-order valence-electron chi connectivity index (χ1n) is 7.46. The monoisotopic (exact) mass is 294 g/mol. The van der Waals surface area contributed by atoms with Crippen molar-refractivity contribution in [3.8, 4) is 0 Å². The summed E-state index contributed by atoms with van der Waals surface area (Å²) in [5, 5.41) is 7.59. The zero-order valence-corrected chi connectivity index (χ0v) is 13.6. The van der Waals surface area contributed by atoms with Crippen LogP contribution in [0, 0.1) is 0 Å². The Morgan fingerprint density at radius 3 is 2.76 bits per heavy atom. The molecule has 1 amide bonds. The van der Waals surface area contributed by atoms with E-state index >= 15 is 0 Å². The summed E-state index contributed by atoms with van der Waals surface area (Å²) in [6, 6.07) is 0.257. The molecule has 1 atom stereocenters. The van der Waals surface area contributed by atoms with E-state index in [4.69, 9.17) is 4.74 Å². The molecule has 1 N–H and O–H groups in total. The Morgan fingerprint density at radius 1 is 1.52 bits per heavy atom. The zero-order chi connectivity index (χ0) is 15.6. The Hall–Kier alpha value is -1.56. The second-order valence-electron chi connectivity index (χ2n) is 6.75.